The monoisotopic (exact) mass is 550 g/mol. The second-order valence-corrected chi connectivity index (χ2v) is 8.58. The number of aromatic nitrogens is 2. The molecule has 0 bridgehead atoms. The molecule has 3 N–H and O–H groups in total. The number of quaternary nitrogens is 1. The smallest absolute Gasteiger partial charge is 0.366 e. The lowest BCUT2D eigenvalue weighted by Gasteiger charge is -2.16. The van der Waals surface area contributed by atoms with Crippen LogP contribution in [0.15, 0.2) is 30.3 Å². The lowest BCUT2D eigenvalue weighted by molar-refractivity contribution is -0.896. The van der Waals surface area contributed by atoms with E-state index < -0.39 is 0 Å². The number of likely N-dealkylation sites (N-methyl/N-ethyl adjacent to an activating group) is 1. The summed E-state index contributed by atoms with van der Waals surface area (Å²) in [5.74, 6) is 1.42. The molecule has 0 aliphatic rings. The molecule has 0 saturated carbocycles. The molecule has 0 spiro atoms. The minimum absolute atomic E-state index is 0. The molecule has 0 radical (unpaired) electrons. The molecule has 1 aromatic carbocycles. The van der Waals surface area contributed by atoms with Crippen molar-refractivity contribution in [1.82, 2.24) is 4.98 Å². The number of hydrogen-bond acceptors (Lipinski definition) is 4. The Bertz CT molecular complexity index is 1010. The minimum atomic E-state index is 0. The van der Waals surface area contributed by atoms with Crippen molar-refractivity contribution in [2.45, 2.75) is 26.7 Å². The molecule has 34 heavy (non-hydrogen) atoms. The van der Waals surface area contributed by atoms with Gasteiger partial charge in [-0.15, -0.1) is 11.6 Å². The first-order chi connectivity index (χ1) is 15.7. The predicted molar refractivity (Wildman–Crippen MR) is 132 cm³/mol. The van der Waals surface area contributed by atoms with Crippen molar-refractivity contribution in [2.24, 2.45) is 0 Å². The van der Waals surface area contributed by atoms with Crippen LogP contribution < -0.4 is 44.8 Å². The highest BCUT2D eigenvalue weighted by Crippen LogP contribution is 2.30. The normalized spacial score (nSPS) is 11.6. The van der Waals surface area contributed by atoms with Gasteiger partial charge in [-0.1, -0.05) is 24.9 Å². The van der Waals surface area contributed by atoms with E-state index in [4.69, 9.17) is 37.7 Å². The number of halogens is 4. The number of alkyl halides is 1. The van der Waals surface area contributed by atoms with Crippen LogP contribution in [0.3, 0.4) is 0 Å². The molecule has 0 amide bonds. The fourth-order valence-corrected chi connectivity index (χ4v) is 4.03. The van der Waals surface area contributed by atoms with Gasteiger partial charge in [-0.05, 0) is 37.6 Å². The van der Waals surface area contributed by atoms with Gasteiger partial charge in [-0.25, -0.2) is 4.98 Å². The Balaban J connectivity index is 0.00000289. The average Bonchev–Trinajstić information content (AvgIpc) is 2.80. The summed E-state index contributed by atoms with van der Waals surface area (Å²) in [4.78, 5) is 9.66. The summed E-state index contributed by atoms with van der Waals surface area (Å²) in [7, 11) is 0. The maximum Gasteiger partial charge on any atom is 0.366 e. The van der Waals surface area contributed by atoms with Crippen molar-refractivity contribution in [3.8, 4) is 5.88 Å². The quantitative estimate of drug-likeness (QED) is 0.133. The number of aromatic amines is 1. The van der Waals surface area contributed by atoms with Crippen LogP contribution in [0.25, 0.3) is 21.9 Å². The van der Waals surface area contributed by atoms with E-state index in [1.165, 1.54) is 4.90 Å². The molecular formula is C24H34Cl4N4O2. The zero-order valence-corrected chi connectivity index (χ0v) is 22.8. The fraction of sp³-hybridized carbons (Fsp3) is 0.500. The van der Waals surface area contributed by atoms with Gasteiger partial charge in [0, 0.05) is 17.0 Å². The largest absolute Gasteiger partial charge is 1.00 e. The molecule has 0 aliphatic carbocycles. The summed E-state index contributed by atoms with van der Waals surface area (Å²) in [5.41, 5.74) is 3.60. The van der Waals surface area contributed by atoms with Crippen LogP contribution in [0.1, 0.15) is 26.7 Å². The Labute approximate surface area is 224 Å². The lowest BCUT2D eigenvalue weighted by atomic mass is 10.1. The molecule has 6 nitrogen and oxygen atoms in total. The number of hydrogen-bond donors (Lipinski definition) is 2. The number of H-pyrrole nitrogens is 1. The zero-order valence-electron chi connectivity index (χ0n) is 19.7. The van der Waals surface area contributed by atoms with Crippen molar-refractivity contribution >= 4 is 50.8 Å². The van der Waals surface area contributed by atoms with Gasteiger partial charge in [-0.3, -0.25) is 0 Å². The topological polar surface area (TPSA) is 62.0 Å². The number of nitrogens with one attached hydrogen (secondary N) is 3. The Morgan fingerprint density at radius 1 is 1.03 bits per heavy atom. The van der Waals surface area contributed by atoms with E-state index in [2.05, 4.69) is 24.1 Å². The molecule has 2 heterocycles. The van der Waals surface area contributed by atoms with Gasteiger partial charge < -0.3 is 44.5 Å². The molecule has 3 aromatic rings. The number of rotatable bonds is 14. The second-order valence-electron chi connectivity index (χ2n) is 7.76. The van der Waals surface area contributed by atoms with Crippen molar-refractivity contribution in [3.63, 3.8) is 0 Å². The molecule has 2 aromatic heterocycles. The van der Waals surface area contributed by atoms with E-state index in [9.17, 15) is 0 Å². The molecule has 10 heteroatoms. The highest BCUT2D eigenvalue weighted by Gasteiger charge is 2.17. The van der Waals surface area contributed by atoms with Crippen molar-refractivity contribution in [1.29, 1.82) is 0 Å². The van der Waals surface area contributed by atoms with E-state index >= 15 is 0 Å². The summed E-state index contributed by atoms with van der Waals surface area (Å²) >= 11 is 12.1. The molecule has 0 saturated heterocycles. The Hall–Kier alpha value is -1.28. The Kier molecular flexibility index (Phi) is 14.8. The highest BCUT2D eigenvalue weighted by molar-refractivity contribution is 6.31. The summed E-state index contributed by atoms with van der Waals surface area (Å²) in [6, 6.07) is 9.69. The molecular weight excluding hydrogens is 518 g/mol. The van der Waals surface area contributed by atoms with Crippen molar-refractivity contribution in [2.75, 3.05) is 57.2 Å². The number of fused-ring (bicyclic) bond motifs is 2. The SMILES string of the molecule is CCCCOc1ccc2nc3cc(Cl)ccc3c(NCCOCC[NH+](CC)CCCl)c2[nH+]1.[Cl-].[Cl-]. The summed E-state index contributed by atoms with van der Waals surface area (Å²) in [6.45, 7) is 10.0. The summed E-state index contributed by atoms with van der Waals surface area (Å²) < 4.78 is 11.8. The number of anilines is 1. The van der Waals surface area contributed by atoms with Gasteiger partial charge in [0.05, 0.1) is 50.4 Å². The number of nitrogens with zero attached hydrogens (tertiary/aromatic N) is 1. The van der Waals surface area contributed by atoms with Gasteiger partial charge in [0.25, 0.3) is 5.52 Å². The van der Waals surface area contributed by atoms with Crippen molar-refractivity contribution < 1.29 is 44.2 Å². The Morgan fingerprint density at radius 3 is 2.59 bits per heavy atom. The zero-order chi connectivity index (χ0) is 22.8. The molecule has 1 atom stereocenters. The first kappa shape index (κ1) is 30.8. The molecule has 0 aliphatic heterocycles. The van der Waals surface area contributed by atoms with Gasteiger partial charge in [0.2, 0.25) is 0 Å². The maximum absolute atomic E-state index is 6.22. The predicted octanol–water partition coefficient (Wildman–Crippen LogP) is -2.39. The third-order valence-electron chi connectivity index (χ3n) is 5.47. The first-order valence-electron chi connectivity index (χ1n) is 11.5. The van der Waals surface area contributed by atoms with E-state index in [1.54, 1.807) is 0 Å². The van der Waals surface area contributed by atoms with Crippen LogP contribution in [0.5, 0.6) is 5.88 Å². The third-order valence-corrected chi connectivity index (χ3v) is 5.89. The summed E-state index contributed by atoms with van der Waals surface area (Å²) in [6.07, 6.45) is 2.11. The van der Waals surface area contributed by atoms with E-state index in [1.807, 2.05) is 30.3 Å². The average molecular weight is 552 g/mol. The second kappa shape index (κ2) is 16.4. The van der Waals surface area contributed by atoms with E-state index in [0.29, 0.717) is 30.7 Å². The highest BCUT2D eigenvalue weighted by atomic mass is 35.5. The number of unbranched alkanes of at least 4 members (excludes halogenated alkanes) is 1. The van der Waals surface area contributed by atoms with Gasteiger partial charge >= 0.3 is 5.88 Å². The van der Waals surface area contributed by atoms with Crippen LogP contribution in [0.4, 0.5) is 5.69 Å². The van der Waals surface area contributed by atoms with Crippen LogP contribution in [-0.2, 0) is 4.74 Å². The standard InChI is InChI=1S/C24H32Cl2N4O2.2ClH/c1-3-5-14-32-22-9-8-20-24(29-22)23(19-7-6-18(26)17-21(19)28-20)27-11-15-31-16-13-30(4-2)12-10-25;;/h6-9,17H,3-5,10-16H2,1-2H3,(H,27,28);2*1H. The van der Waals surface area contributed by atoms with Crippen LogP contribution in [-0.4, -0.2) is 56.9 Å². The number of benzene rings is 1. The number of ether oxygens (including phenoxy) is 2. The van der Waals surface area contributed by atoms with Crippen LogP contribution >= 0.6 is 23.2 Å². The lowest BCUT2D eigenvalue weighted by Crippen LogP contribution is -3.12. The molecule has 1 unspecified atom stereocenters. The molecule has 0 fully saturated rings. The van der Waals surface area contributed by atoms with E-state index in [-0.39, 0.29) is 24.8 Å². The van der Waals surface area contributed by atoms with Gasteiger partial charge in [-0.2, -0.15) is 4.98 Å². The minimum Gasteiger partial charge on any atom is -1.00 e. The van der Waals surface area contributed by atoms with Gasteiger partial charge in [0.15, 0.2) is 0 Å². The number of pyridine rings is 2. The fourth-order valence-electron chi connectivity index (χ4n) is 3.60. The van der Waals surface area contributed by atoms with E-state index in [0.717, 1.165) is 72.6 Å². The summed E-state index contributed by atoms with van der Waals surface area (Å²) in [5, 5.41) is 5.22. The first-order valence-corrected chi connectivity index (χ1v) is 12.4. The molecule has 190 valence electrons. The van der Waals surface area contributed by atoms with Gasteiger partial charge in [0.1, 0.15) is 17.7 Å². The molecule has 3 rings (SSSR count). The van der Waals surface area contributed by atoms with Crippen LogP contribution in [0.2, 0.25) is 5.02 Å². The van der Waals surface area contributed by atoms with Crippen molar-refractivity contribution in [3.05, 3.63) is 35.4 Å². The van der Waals surface area contributed by atoms with Crippen LogP contribution in [0, 0.1) is 0 Å². The maximum atomic E-state index is 6.22. The third kappa shape index (κ3) is 8.74. The Morgan fingerprint density at radius 2 is 1.85 bits per heavy atom.